The number of aryl methyl sites for hydroxylation is 2. The Bertz CT molecular complexity index is 728. The van der Waals surface area contributed by atoms with E-state index in [-0.39, 0.29) is 11.3 Å². The van der Waals surface area contributed by atoms with Gasteiger partial charge in [0, 0.05) is 7.05 Å². The molecule has 20 heavy (non-hydrogen) atoms. The largest absolute Gasteiger partial charge is 0.453 e. The van der Waals surface area contributed by atoms with Crippen molar-refractivity contribution in [2.75, 3.05) is 0 Å². The van der Waals surface area contributed by atoms with Gasteiger partial charge in [-0.15, -0.1) is 0 Å². The minimum atomic E-state index is -0.603. The van der Waals surface area contributed by atoms with Crippen molar-refractivity contribution < 1.29 is 9.66 Å². The van der Waals surface area contributed by atoms with Gasteiger partial charge < -0.3 is 4.74 Å². The summed E-state index contributed by atoms with van der Waals surface area (Å²) in [4.78, 5) is 10.3. The summed E-state index contributed by atoms with van der Waals surface area (Å²) in [6.45, 7) is 3.63. The summed E-state index contributed by atoms with van der Waals surface area (Å²) in [5.74, 6) is 0.862. The van der Waals surface area contributed by atoms with Crippen LogP contribution in [0.1, 0.15) is 17.0 Å². The molecule has 1 aromatic carbocycles. The van der Waals surface area contributed by atoms with Crippen LogP contribution < -0.4 is 4.74 Å². The topological polar surface area (TPSA) is 94.0 Å². The van der Waals surface area contributed by atoms with Gasteiger partial charge >= 0.3 is 0 Å². The van der Waals surface area contributed by atoms with Crippen molar-refractivity contribution in [3.05, 3.63) is 45.3 Å². The lowest BCUT2D eigenvalue weighted by Gasteiger charge is -2.06. The Hall–Kier alpha value is -2.88. The van der Waals surface area contributed by atoms with Gasteiger partial charge in [0.05, 0.1) is 16.7 Å². The zero-order valence-electron chi connectivity index (χ0n) is 11.2. The SMILES string of the molecule is Cc1nn(C)c(C)c1Oc1ccc(C#N)c([N+](=O)[O-])c1. The molecule has 0 spiro atoms. The molecule has 0 aliphatic carbocycles. The highest BCUT2D eigenvalue weighted by Gasteiger charge is 2.17. The first-order valence-electron chi connectivity index (χ1n) is 5.80. The molecule has 0 unspecified atom stereocenters. The Balaban J connectivity index is 2.42. The molecule has 2 aromatic rings. The first-order valence-corrected chi connectivity index (χ1v) is 5.80. The van der Waals surface area contributed by atoms with Crippen LogP contribution in [0.25, 0.3) is 0 Å². The normalized spacial score (nSPS) is 10.1. The molecule has 0 atom stereocenters. The number of hydrogen-bond acceptors (Lipinski definition) is 5. The molecule has 2 rings (SSSR count). The van der Waals surface area contributed by atoms with Crippen LogP contribution in [0, 0.1) is 35.3 Å². The molecule has 0 amide bonds. The van der Waals surface area contributed by atoms with E-state index in [0.29, 0.717) is 17.2 Å². The Morgan fingerprint density at radius 2 is 2.15 bits per heavy atom. The molecule has 102 valence electrons. The van der Waals surface area contributed by atoms with E-state index < -0.39 is 4.92 Å². The second kappa shape index (κ2) is 5.01. The number of ether oxygens (including phenoxy) is 1. The fourth-order valence-electron chi connectivity index (χ4n) is 1.84. The predicted octanol–water partition coefficient (Wildman–Crippen LogP) is 2.61. The molecule has 0 bridgehead atoms. The molecule has 1 heterocycles. The third-order valence-corrected chi connectivity index (χ3v) is 2.95. The maximum atomic E-state index is 10.9. The highest BCUT2D eigenvalue weighted by Crippen LogP contribution is 2.31. The van der Waals surface area contributed by atoms with Gasteiger partial charge in [-0.3, -0.25) is 14.8 Å². The number of nitro benzene ring substituents is 1. The van der Waals surface area contributed by atoms with Crippen molar-refractivity contribution in [2.24, 2.45) is 7.05 Å². The van der Waals surface area contributed by atoms with E-state index in [1.54, 1.807) is 24.7 Å². The van der Waals surface area contributed by atoms with Crippen LogP contribution in [0.2, 0.25) is 0 Å². The summed E-state index contributed by atoms with van der Waals surface area (Å²) in [6, 6.07) is 5.92. The van der Waals surface area contributed by atoms with Crippen LogP contribution in [-0.2, 0) is 7.05 Å². The van der Waals surface area contributed by atoms with Crippen LogP contribution in [-0.4, -0.2) is 14.7 Å². The third kappa shape index (κ3) is 2.31. The van der Waals surface area contributed by atoms with Crippen molar-refractivity contribution in [3.8, 4) is 17.6 Å². The van der Waals surface area contributed by atoms with Crippen LogP contribution in [0.4, 0.5) is 5.69 Å². The molecule has 0 fully saturated rings. The van der Waals surface area contributed by atoms with E-state index in [1.807, 2.05) is 6.92 Å². The fraction of sp³-hybridized carbons (Fsp3) is 0.231. The number of hydrogen-bond donors (Lipinski definition) is 0. The number of benzene rings is 1. The van der Waals surface area contributed by atoms with Gasteiger partial charge in [0.1, 0.15) is 23.1 Å². The zero-order valence-corrected chi connectivity index (χ0v) is 11.2. The van der Waals surface area contributed by atoms with Crippen molar-refractivity contribution in [3.63, 3.8) is 0 Å². The first kappa shape index (κ1) is 13.5. The van der Waals surface area contributed by atoms with Crippen molar-refractivity contribution >= 4 is 5.69 Å². The molecular weight excluding hydrogens is 260 g/mol. The van der Waals surface area contributed by atoms with Gasteiger partial charge in [0.15, 0.2) is 5.75 Å². The molecule has 0 aliphatic heterocycles. The van der Waals surface area contributed by atoms with Gasteiger partial charge in [-0.05, 0) is 26.0 Å². The molecule has 0 aliphatic rings. The molecule has 0 saturated carbocycles. The molecule has 1 aromatic heterocycles. The van der Waals surface area contributed by atoms with Gasteiger partial charge in [-0.2, -0.15) is 10.4 Å². The highest BCUT2D eigenvalue weighted by atomic mass is 16.6. The number of aromatic nitrogens is 2. The lowest BCUT2D eigenvalue weighted by atomic mass is 10.2. The Labute approximate surface area is 115 Å². The quantitative estimate of drug-likeness (QED) is 0.632. The van der Waals surface area contributed by atoms with Crippen LogP contribution >= 0.6 is 0 Å². The Morgan fingerprint density at radius 3 is 2.65 bits per heavy atom. The second-order valence-corrected chi connectivity index (χ2v) is 4.27. The van der Waals surface area contributed by atoms with Crippen molar-refractivity contribution in [1.29, 1.82) is 5.26 Å². The standard InChI is InChI=1S/C13H12N4O3/c1-8-13(9(2)16(3)15-8)20-11-5-4-10(7-14)12(6-11)17(18)19/h4-6H,1-3H3. The van der Waals surface area contributed by atoms with E-state index in [0.717, 1.165) is 5.69 Å². The summed E-state index contributed by atoms with van der Waals surface area (Å²) in [6.07, 6.45) is 0. The van der Waals surface area contributed by atoms with Gasteiger partial charge in [0.2, 0.25) is 0 Å². The molecule has 0 N–H and O–H groups in total. The molecule has 0 radical (unpaired) electrons. The predicted molar refractivity (Wildman–Crippen MR) is 70.6 cm³/mol. The van der Waals surface area contributed by atoms with Gasteiger partial charge in [0.25, 0.3) is 5.69 Å². The average molecular weight is 272 g/mol. The lowest BCUT2D eigenvalue weighted by Crippen LogP contribution is -1.95. The van der Waals surface area contributed by atoms with E-state index >= 15 is 0 Å². The maximum Gasteiger partial charge on any atom is 0.290 e. The van der Waals surface area contributed by atoms with Crippen molar-refractivity contribution in [2.45, 2.75) is 13.8 Å². The molecule has 7 heteroatoms. The number of nitrogens with zero attached hydrogens (tertiary/aromatic N) is 4. The summed E-state index contributed by atoms with van der Waals surface area (Å²) in [7, 11) is 1.79. The molecular formula is C13H12N4O3. The van der Waals surface area contributed by atoms with Gasteiger partial charge in [-0.25, -0.2) is 0 Å². The van der Waals surface area contributed by atoms with E-state index in [4.69, 9.17) is 10.00 Å². The number of nitriles is 1. The summed E-state index contributed by atoms with van der Waals surface area (Å²) in [5, 5.41) is 23.9. The third-order valence-electron chi connectivity index (χ3n) is 2.95. The highest BCUT2D eigenvalue weighted by molar-refractivity contribution is 5.53. The Morgan fingerprint density at radius 1 is 1.45 bits per heavy atom. The first-order chi connectivity index (χ1) is 9.43. The fourth-order valence-corrected chi connectivity index (χ4v) is 1.84. The second-order valence-electron chi connectivity index (χ2n) is 4.27. The van der Waals surface area contributed by atoms with Crippen LogP contribution in [0.15, 0.2) is 18.2 Å². The summed E-state index contributed by atoms with van der Waals surface area (Å²) < 4.78 is 7.32. The molecule has 0 saturated heterocycles. The number of nitro groups is 1. The lowest BCUT2D eigenvalue weighted by molar-refractivity contribution is -0.385. The Kier molecular flexibility index (Phi) is 3.39. The molecule has 7 nitrogen and oxygen atoms in total. The minimum absolute atomic E-state index is 0.00183. The number of rotatable bonds is 3. The monoisotopic (exact) mass is 272 g/mol. The summed E-state index contributed by atoms with van der Waals surface area (Å²) in [5.41, 5.74) is 1.23. The summed E-state index contributed by atoms with van der Waals surface area (Å²) >= 11 is 0. The zero-order chi connectivity index (χ0) is 14.9. The van der Waals surface area contributed by atoms with E-state index in [2.05, 4.69) is 5.10 Å². The van der Waals surface area contributed by atoms with Gasteiger partial charge in [-0.1, -0.05) is 0 Å². The minimum Gasteiger partial charge on any atom is -0.453 e. The van der Waals surface area contributed by atoms with E-state index in [9.17, 15) is 10.1 Å². The van der Waals surface area contributed by atoms with Crippen LogP contribution in [0.3, 0.4) is 0 Å². The maximum absolute atomic E-state index is 10.9. The van der Waals surface area contributed by atoms with Crippen molar-refractivity contribution in [1.82, 2.24) is 9.78 Å². The van der Waals surface area contributed by atoms with E-state index in [1.165, 1.54) is 18.2 Å². The van der Waals surface area contributed by atoms with Crippen LogP contribution in [0.5, 0.6) is 11.5 Å². The smallest absolute Gasteiger partial charge is 0.290 e. The average Bonchev–Trinajstić information content (AvgIpc) is 2.65.